The monoisotopic (exact) mass is 779 g/mol. The average Bonchev–Trinajstić information content (AvgIpc) is 3.74. The number of benzene rings is 9. The second-order valence-electron chi connectivity index (χ2n) is 15.1. The van der Waals surface area contributed by atoms with Crippen LogP contribution in [0, 0.1) is 0 Å². The van der Waals surface area contributed by atoms with Crippen molar-refractivity contribution in [3.63, 3.8) is 0 Å². The Labute approximate surface area is 354 Å². The number of rotatable bonds is 8. The molecule has 9 aromatic carbocycles. The summed E-state index contributed by atoms with van der Waals surface area (Å²) in [6.07, 6.45) is 0. The SMILES string of the molecule is c1ccc(-c2ccc(-c3ccc(-c4nc(-c5ccc(-c6ccccc6)cc5)nc(-c5cccc6oc7c(-c8ccccc8-c8ccccc8)cccc7c56)n4)cc3)cc2)cc1. The second-order valence-corrected chi connectivity index (χ2v) is 15.1. The number of hydrogen-bond donors (Lipinski definition) is 0. The Bertz CT molecular complexity index is 3300. The van der Waals surface area contributed by atoms with Crippen molar-refractivity contribution in [1.29, 1.82) is 0 Å². The lowest BCUT2D eigenvalue weighted by Gasteiger charge is -2.11. The van der Waals surface area contributed by atoms with Crippen LogP contribution in [0.1, 0.15) is 0 Å². The maximum Gasteiger partial charge on any atom is 0.164 e. The average molecular weight is 780 g/mol. The topological polar surface area (TPSA) is 51.8 Å². The van der Waals surface area contributed by atoms with E-state index in [1.165, 1.54) is 11.1 Å². The summed E-state index contributed by atoms with van der Waals surface area (Å²) in [5, 5.41) is 1.97. The molecule has 11 aromatic rings. The molecule has 2 heterocycles. The van der Waals surface area contributed by atoms with Gasteiger partial charge in [-0.05, 0) is 56.1 Å². The molecule has 0 unspecified atom stereocenters. The molecule has 61 heavy (non-hydrogen) atoms. The van der Waals surface area contributed by atoms with Gasteiger partial charge in [0.1, 0.15) is 11.2 Å². The molecule has 0 aliphatic carbocycles. The van der Waals surface area contributed by atoms with E-state index < -0.39 is 0 Å². The van der Waals surface area contributed by atoms with E-state index in [-0.39, 0.29) is 0 Å². The first kappa shape index (κ1) is 35.9. The molecule has 4 nitrogen and oxygen atoms in total. The number of fused-ring (bicyclic) bond motifs is 3. The lowest BCUT2D eigenvalue weighted by atomic mass is 9.93. The largest absolute Gasteiger partial charge is 0.455 e. The fourth-order valence-corrected chi connectivity index (χ4v) is 8.33. The van der Waals surface area contributed by atoms with Crippen molar-refractivity contribution >= 4 is 21.9 Å². The van der Waals surface area contributed by atoms with E-state index in [2.05, 4.69) is 194 Å². The predicted octanol–water partition coefficient (Wildman–Crippen LogP) is 15.1. The normalized spacial score (nSPS) is 11.3. The van der Waals surface area contributed by atoms with E-state index in [0.717, 1.165) is 83.1 Å². The summed E-state index contributed by atoms with van der Waals surface area (Å²) < 4.78 is 6.79. The molecule has 0 saturated heterocycles. The minimum absolute atomic E-state index is 0.580. The zero-order valence-electron chi connectivity index (χ0n) is 33.1. The molecule has 0 aliphatic heterocycles. The number of nitrogens with zero attached hydrogens (tertiary/aromatic N) is 3. The van der Waals surface area contributed by atoms with Gasteiger partial charge in [-0.2, -0.15) is 0 Å². The van der Waals surface area contributed by atoms with Gasteiger partial charge in [0.25, 0.3) is 0 Å². The molecule has 2 aromatic heterocycles. The zero-order chi connectivity index (χ0) is 40.5. The van der Waals surface area contributed by atoms with Crippen LogP contribution in [0.2, 0.25) is 0 Å². The third-order valence-corrected chi connectivity index (χ3v) is 11.4. The Kier molecular flexibility index (Phi) is 9.14. The lowest BCUT2D eigenvalue weighted by Crippen LogP contribution is -2.00. The summed E-state index contributed by atoms with van der Waals surface area (Å²) >= 11 is 0. The maximum absolute atomic E-state index is 6.79. The van der Waals surface area contributed by atoms with Crippen LogP contribution in [0.25, 0.3) is 112 Å². The van der Waals surface area contributed by atoms with Crippen molar-refractivity contribution < 1.29 is 4.42 Å². The molecule has 0 saturated carbocycles. The first-order chi connectivity index (χ1) is 30.2. The fourth-order valence-electron chi connectivity index (χ4n) is 8.33. The van der Waals surface area contributed by atoms with Crippen LogP contribution in [0.5, 0.6) is 0 Å². The smallest absolute Gasteiger partial charge is 0.164 e. The zero-order valence-corrected chi connectivity index (χ0v) is 33.1. The summed E-state index contributed by atoms with van der Waals surface area (Å²) in [5.74, 6) is 1.78. The van der Waals surface area contributed by atoms with Gasteiger partial charge in [0.15, 0.2) is 17.5 Å². The van der Waals surface area contributed by atoms with Crippen molar-refractivity contribution in [3.8, 4) is 89.8 Å². The fraction of sp³-hybridized carbons (Fsp3) is 0. The van der Waals surface area contributed by atoms with Crippen molar-refractivity contribution in [2.24, 2.45) is 0 Å². The summed E-state index contributed by atoms with van der Waals surface area (Å²) in [7, 11) is 0. The highest BCUT2D eigenvalue weighted by Crippen LogP contribution is 2.42. The first-order valence-corrected chi connectivity index (χ1v) is 20.5. The highest BCUT2D eigenvalue weighted by Gasteiger charge is 2.21. The van der Waals surface area contributed by atoms with E-state index in [4.69, 9.17) is 19.4 Å². The molecule has 0 fully saturated rings. The minimum atomic E-state index is 0.580. The van der Waals surface area contributed by atoms with Gasteiger partial charge >= 0.3 is 0 Å². The van der Waals surface area contributed by atoms with Crippen LogP contribution in [-0.4, -0.2) is 15.0 Å². The van der Waals surface area contributed by atoms with Crippen molar-refractivity contribution in [3.05, 3.63) is 224 Å². The molecule has 0 radical (unpaired) electrons. The van der Waals surface area contributed by atoms with Crippen molar-refractivity contribution in [1.82, 2.24) is 15.0 Å². The number of hydrogen-bond acceptors (Lipinski definition) is 4. The van der Waals surface area contributed by atoms with Crippen molar-refractivity contribution in [2.75, 3.05) is 0 Å². The Morgan fingerprint density at radius 3 is 1.15 bits per heavy atom. The van der Waals surface area contributed by atoms with Crippen molar-refractivity contribution in [2.45, 2.75) is 0 Å². The number of aromatic nitrogens is 3. The van der Waals surface area contributed by atoms with Gasteiger partial charge in [0.2, 0.25) is 0 Å². The van der Waals surface area contributed by atoms with Crippen LogP contribution in [-0.2, 0) is 0 Å². The molecular weight excluding hydrogens is 743 g/mol. The summed E-state index contributed by atoms with van der Waals surface area (Å²) in [6.45, 7) is 0. The molecule has 286 valence electrons. The minimum Gasteiger partial charge on any atom is -0.455 e. The van der Waals surface area contributed by atoms with Gasteiger partial charge in [0.05, 0.1) is 0 Å². The molecule has 11 rings (SSSR count). The quantitative estimate of drug-likeness (QED) is 0.154. The predicted molar refractivity (Wildman–Crippen MR) is 251 cm³/mol. The summed E-state index contributed by atoms with van der Waals surface area (Å²) in [6, 6.07) is 78.1. The highest BCUT2D eigenvalue weighted by atomic mass is 16.3. The molecule has 0 amide bonds. The van der Waals surface area contributed by atoms with E-state index in [9.17, 15) is 0 Å². The van der Waals surface area contributed by atoms with Gasteiger partial charge in [-0.25, -0.2) is 15.0 Å². The molecule has 0 atom stereocenters. The van der Waals surface area contributed by atoms with Gasteiger partial charge in [-0.15, -0.1) is 0 Å². The molecule has 0 N–H and O–H groups in total. The Morgan fingerprint density at radius 1 is 0.246 bits per heavy atom. The number of furan rings is 1. The van der Waals surface area contributed by atoms with Gasteiger partial charge in [0, 0.05) is 33.0 Å². The molecule has 0 bridgehead atoms. The van der Waals surface area contributed by atoms with E-state index >= 15 is 0 Å². The van der Waals surface area contributed by atoms with Gasteiger partial charge in [-0.3, -0.25) is 0 Å². The van der Waals surface area contributed by atoms with Crippen LogP contribution in [0.15, 0.2) is 229 Å². The third kappa shape index (κ3) is 6.86. The Morgan fingerprint density at radius 2 is 0.623 bits per heavy atom. The van der Waals surface area contributed by atoms with Gasteiger partial charge in [-0.1, -0.05) is 218 Å². The van der Waals surface area contributed by atoms with Crippen LogP contribution in [0.4, 0.5) is 0 Å². The van der Waals surface area contributed by atoms with E-state index in [1.807, 2.05) is 30.3 Å². The molecule has 4 heteroatoms. The number of para-hydroxylation sites is 1. The highest BCUT2D eigenvalue weighted by molar-refractivity contribution is 6.15. The Hall–Kier alpha value is -8.21. The van der Waals surface area contributed by atoms with Gasteiger partial charge < -0.3 is 4.42 Å². The maximum atomic E-state index is 6.79. The molecule has 0 aliphatic rings. The van der Waals surface area contributed by atoms with Crippen LogP contribution in [0.3, 0.4) is 0 Å². The first-order valence-electron chi connectivity index (χ1n) is 20.5. The Balaban J connectivity index is 1.03. The van der Waals surface area contributed by atoms with E-state index in [1.54, 1.807) is 0 Å². The van der Waals surface area contributed by atoms with Crippen LogP contribution < -0.4 is 0 Å². The molecular formula is C57H37N3O. The van der Waals surface area contributed by atoms with Crippen LogP contribution >= 0.6 is 0 Å². The van der Waals surface area contributed by atoms with E-state index in [0.29, 0.717) is 17.5 Å². The lowest BCUT2D eigenvalue weighted by molar-refractivity contribution is 0.670. The second kappa shape index (κ2) is 15.5. The third-order valence-electron chi connectivity index (χ3n) is 11.4. The summed E-state index contributed by atoms with van der Waals surface area (Å²) in [5.41, 5.74) is 15.7. The molecule has 0 spiro atoms. The summed E-state index contributed by atoms with van der Waals surface area (Å²) in [4.78, 5) is 15.6. The standard InChI is InChI=1S/C57H37N3O/c1-4-14-38(15-5-1)40-26-28-42(29-27-40)43-32-36-46(37-33-43)56-58-55(45-34-30-41(31-35-45)39-16-6-2-7-17-39)59-57(60-56)51-24-13-25-52-53(51)50-23-12-22-49(54(50)61-52)48-21-11-10-20-47(48)44-18-8-3-9-19-44/h1-37H.